The first-order chi connectivity index (χ1) is 12.3. The molecule has 3 nitrogen and oxygen atoms in total. The van der Waals surface area contributed by atoms with Gasteiger partial charge in [-0.2, -0.15) is 0 Å². The lowest BCUT2D eigenvalue weighted by molar-refractivity contribution is 0.229. The summed E-state index contributed by atoms with van der Waals surface area (Å²) in [6.45, 7) is 10.6. The fraction of sp³-hybridized carbons (Fsp3) is 0.381. The molecule has 1 atom stereocenters. The Balaban J connectivity index is 1.94. The molecular weight excluding hydrogens is 345 g/mol. The lowest BCUT2D eigenvalue weighted by Gasteiger charge is -2.26. The van der Waals surface area contributed by atoms with Gasteiger partial charge >= 0.3 is 0 Å². The van der Waals surface area contributed by atoms with Crippen molar-refractivity contribution in [3.8, 4) is 5.75 Å². The number of halogens is 1. The second-order valence-corrected chi connectivity index (χ2v) is 10.2. The zero-order valence-corrected chi connectivity index (χ0v) is 17.2. The smallest absolute Gasteiger partial charge is 0.229 e. The van der Waals surface area contributed by atoms with Crippen molar-refractivity contribution in [2.24, 2.45) is 4.99 Å². The van der Waals surface area contributed by atoms with Gasteiger partial charge in [-0.3, -0.25) is 0 Å². The molecule has 26 heavy (non-hydrogen) atoms. The van der Waals surface area contributed by atoms with Crippen molar-refractivity contribution < 1.29 is 13.6 Å². The maximum absolute atomic E-state index is 15.4. The van der Waals surface area contributed by atoms with Gasteiger partial charge in [0.05, 0.1) is 12.1 Å². The molecule has 3 rings (SSSR count). The van der Waals surface area contributed by atoms with Crippen molar-refractivity contribution in [3.05, 3.63) is 65.0 Å². The minimum Gasteiger partial charge on any atom is -0.547 e. The van der Waals surface area contributed by atoms with Crippen molar-refractivity contribution in [3.63, 3.8) is 0 Å². The van der Waals surface area contributed by atoms with Gasteiger partial charge in [-0.15, -0.1) is 0 Å². The van der Waals surface area contributed by atoms with Crippen molar-refractivity contribution in [2.45, 2.75) is 45.4 Å². The van der Waals surface area contributed by atoms with Crippen molar-refractivity contribution in [1.29, 1.82) is 0 Å². The molecule has 0 amide bonds. The highest BCUT2D eigenvalue weighted by molar-refractivity contribution is 6.49. The van der Waals surface area contributed by atoms with Crippen molar-refractivity contribution in [1.82, 2.24) is 0 Å². The lowest BCUT2D eigenvalue weighted by Crippen LogP contribution is -2.21. The highest BCUT2D eigenvalue weighted by Crippen LogP contribution is 2.37. The topological polar surface area (TPSA) is 30.8 Å². The molecule has 1 aliphatic heterocycles. The second-order valence-electron chi connectivity index (χ2n) is 7.88. The van der Waals surface area contributed by atoms with Gasteiger partial charge < -0.3 is 9.16 Å². The van der Waals surface area contributed by atoms with E-state index in [1.807, 2.05) is 57.2 Å². The van der Waals surface area contributed by atoms with Crippen LogP contribution in [0.2, 0.25) is 13.1 Å². The molecule has 0 unspecified atom stereocenters. The monoisotopic (exact) mass is 371 g/mol. The van der Waals surface area contributed by atoms with Crippen LogP contribution in [0.4, 0.5) is 4.39 Å². The Morgan fingerprint density at radius 1 is 1.12 bits per heavy atom. The molecule has 0 N–H and O–H groups in total. The number of hydrogen-bond donors (Lipinski definition) is 0. The first kappa shape index (κ1) is 18.6. The van der Waals surface area contributed by atoms with Crippen LogP contribution >= 0.6 is 0 Å². The summed E-state index contributed by atoms with van der Waals surface area (Å²) in [6.07, 6.45) is -0.164. The third-order valence-electron chi connectivity index (χ3n) is 4.27. The molecule has 0 spiro atoms. The van der Waals surface area contributed by atoms with Crippen LogP contribution in [0.15, 0.2) is 47.5 Å². The first-order valence-electron chi connectivity index (χ1n) is 9.03. The zero-order valence-electron chi connectivity index (χ0n) is 16.0. The Labute approximate surface area is 156 Å². The highest BCUT2D eigenvalue weighted by Gasteiger charge is 2.30. The summed E-state index contributed by atoms with van der Waals surface area (Å²) in [5, 5.41) is 0. The van der Waals surface area contributed by atoms with E-state index in [4.69, 9.17) is 9.16 Å². The summed E-state index contributed by atoms with van der Waals surface area (Å²) < 4.78 is 27.4. The Kier molecular flexibility index (Phi) is 5.19. The molecule has 1 aliphatic rings. The summed E-state index contributed by atoms with van der Waals surface area (Å²) in [5.41, 5.74) is 1.67. The molecular formula is C21H26FNO2Si. The van der Waals surface area contributed by atoms with Gasteiger partial charge in [0.15, 0.2) is 0 Å². The zero-order chi connectivity index (χ0) is 18.9. The summed E-state index contributed by atoms with van der Waals surface area (Å²) in [4.78, 5) is 4.46. The average Bonchev–Trinajstić information content (AvgIpc) is 3.04. The summed E-state index contributed by atoms with van der Waals surface area (Å²) in [5.74, 6) is 0.714. The van der Waals surface area contributed by atoms with Crippen molar-refractivity contribution in [2.75, 3.05) is 6.54 Å². The Bertz CT molecular complexity index is 813. The van der Waals surface area contributed by atoms with Gasteiger partial charge in [0.25, 0.3) is 0 Å². The molecule has 0 aromatic heterocycles. The number of hydrogen-bond acceptors (Lipinski definition) is 3. The molecule has 1 heterocycles. The highest BCUT2D eigenvalue weighted by atomic mass is 28.3. The molecule has 0 aliphatic carbocycles. The molecule has 5 heteroatoms. The fourth-order valence-electron chi connectivity index (χ4n) is 3.14. The van der Waals surface area contributed by atoms with Crippen LogP contribution < -0.4 is 4.43 Å². The molecule has 2 aromatic carbocycles. The van der Waals surface area contributed by atoms with Crippen LogP contribution in [0.5, 0.6) is 5.75 Å². The number of benzene rings is 2. The van der Waals surface area contributed by atoms with E-state index in [0.717, 1.165) is 5.56 Å². The van der Waals surface area contributed by atoms with E-state index < -0.39 is 9.04 Å². The third kappa shape index (κ3) is 3.83. The van der Waals surface area contributed by atoms with Gasteiger partial charge in [0.1, 0.15) is 17.7 Å². The van der Waals surface area contributed by atoms with E-state index in [9.17, 15) is 0 Å². The van der Waals surface area contributed by atoms with Crippen LogP contribution in [-0.4, -0.2) is 21.5 Å². The standard InChI is InChI=1S/C21H26FNO2Si/c1-21(2,3)18-16(25-26(4)5)12-11-15(19(18)22)20-23-13-17(24-20)14-9-7-6-8-10-14/h6-12,17,26H,13H2,1-5H3/t17-/m0/s1. The molecule has 0 radical (unpaired) electrons. The van der Waals surface area contributed by atoms with E-state index in [0.29, 0.717) is 29.3 Å². The Morgan fingerprint density at radius 3 is 2.42 bits per heavy atom. The lowest BCUT2D eigenvalue weighted by atomic mass is 9.84. The van der Waals surface area contributed by atoms with Crippen LogP contribution in [-0.2, 0) is 10.2 Å². The van der Waals surface area contributed by atoms with E-state index in [1.54, 1.807) is 6.07 Å². The molecule has 0 saturated heterocycles. The number of ether oxygens (including phenoxy) is 1. The summed E-state index contributed by atoms with van der Waals surface area (Å²) in [6, 6.07) is 13.5. The van der Waals surface area contributed by atoms with Crippen LogP contribution in [0.3, 0.4) is 0 Å². The average molecular weight is 372 g/mol. The van der Waals surface area contributed by atoms with Crippen LogP contribution in [0, 0.1) is 5.82 Å². The molecule has 138 valence electrons. The summed E-state index contributed by atoms with van der Waals surface area (Å²) in [7, 11) is -1.34. The molecule has 2 aromatic rings. The van der Waals surface area contributed by atoms with Crippen LogP contribution in [0.1, 0.15) is 43.6 Å². The third-order valence-corrected chi connectivity index (χ3v) is 5.00. The van der Waals surface area contributed by atoms with Gasteiger partial charge in [-0.1, -0.05) is 51.1 Å². The number of nitrogens with zero attached hydrogens (tertiary/aromatic N) is 1. The molecule has 0 fully saturated rings. The Hall–Kier alpha value is -2.14. The van der Waals surface area contributed by atoms with Gasteiger partial charge in [-0.25, -0.2) is 9.38 Å². The van der Waals surface area contributed by atoms with Crippen LogP contribution in [0.25, 0.3) is 0 Å². The van der Waals surface area contributed by atoms with E-state index >= 15 is 4.39 Å². The predicted octanol–water partition coefficient (Wildman–Crippen LogP) is 5.00. The minimum atomic E-state index is -1.34. The van der Waals surface area contributed by atoms with E-state index in [2.05, 4.69) is 18.1 Å². The Morgan fingerprint density at radius 2 is 1.81 bits per heavy atom. The first-order valence-corrected chi connectivity index (χ1v) is 11.8. The fourth-order valence-corrected chi connectivity index (χ4v) is 3.84. The number of rotatable bonds is 4. The quantitative estimate of drug-likeness (QED) is 0.708. The minimum absolute atomic E-state index is 0.164. The largest absolute Gasteiger partial charge is 0.547 e. The van der Waals surface area contributed by atoms with Crippen molar-refractivity contribution >= 4 is 14.9 Å². The SMILES string of the molecule is C[SiH](C)Oc1ccc(C2=NC[C@@H](c3ccccc3)O2)c(F)c1C(C)(C)C. The van der Waals surface area contributed by atoms with E-state index in [-0.39, 0.29) is 17.3 Å². The number of aliphatic imine (C=N–C) groups is 1. The van der Waals surface area contributed by atoms with Gasteiger partial charge in [-0.05, 0) is 36.2 Å². The van der Waals surface area contributed by atoms with Gasteiger partial charge in [0, 0.05) is 5.56 Å². The normalized spacial score (nSPS) is 17.2. The molecule has 0 bridgehead atoms. The predicted molar refractivity (Wildman–Crippen MR) is 106 cm³/mol. The molecule has 0 saturated carbocycles. The van der Waals surface area contributed by atoms with Gasteiger partial charge in [0.2, 0.25) is 14.9 Å². The second kappa shape index (κ2) is 7.23. The maximum atomic E-state index is 15.4. The maximum Gasteiger partial charge on any atom is 0.229 e. The summed E-state index contributed by atoms with van der Waals surface area (Å²) >= 11 is 0. The van der Waals surface area contributed by atoms with E-state index in [1.165, 1.54) is 0 Å².